The zero-order chi connectivity index (χ0) is 31.8. The van der Waals surface area contributed by atoms with Crippen LogP contribution < -0.4 is 5.32 Å². The Kier molecular flexibility index (Phi) is 11.5. The zero-order valence-electron chi connectivity index (χ0n) is 23.8. The summed E-state index contributed by atoms with van der Waals surface area (Å²) in [6.07, 6.45) is -3.61. The number of nitrogens with one attached hydrogen (secondary N) is 1. The number of aliphatic hydroxyl groups is 1. The monoisotopic (exact) mass is 613 g/mol. The third kappa shape index (κ3) is 10.8. The Bertz CT molecular complexity index is 1240. The van der Waals surface area contributed by atoms with Gasteiger partial charge >= 0.3 is 24.1 Å². The first kappa shape index (κ1) is 33.7. The lowest BCUT2D eigenvalue weighted by Gasteiger charge is -2.30. The lowest BCUT2D eigenvalue weighted by atomic mass is 9.91. The topological polar surface area (TPSA) is 147 Å². The van der Waals surface area contributed by atoms with Crippen molar-refractivity contribution in [1.82, 2.24) is 5.32 Å². The number of esters is 3. The molecule has 11 nitrogen and oxygen atoms in total. The van der Waals surface area contributed by atoms with Crippen molar-refractivity contribution in [2.45, 2.75) is 76.2 Å². The molecule has 0 saturated carbocycles. The first-order chi connectivity index (χ1) is 20.1. The van der Waals surface area contributed by atoms with Crippen LogP contribution in [0.4, 0.5) is 13.2 Å². The van der Waals surface area contributed by atoms with E-state index in [2.05, 4.69) is 10.1 Å². The van der Waals surface area contributed by atoms with E-state index < -0.39 is 73.2 Å². The summed E-state index contributed by atoms with van der Waals surface area (Å²) in [5.74, 6) is -3.12. The molecule has 2 aliphatic rings. The van der Waals surface area contributed by atoms with E-state index in [0.717, 1.165) is 12.2 Å². The van der Waals surface area contributed by atoms with Gasteiger partial charge in [-0.3, -0.25) is 9.59 Å². The van der Waals surface area contributed by atoms with Gasteiger partial charge < -0.3 is 34.1 Å². The maximum Gasteiger partial charge on any atom is 0.422 e. The number of benzene rings is 1. The fourth-order valence-corrected chi connectivity index (χ4v) is 4.28. The average molecular weight is 614 g/mol. The van der Waals surface area contributed by atoms with Gasteiger partial charge in [-0.2, -0.15) is 13.2 Å². The molecule has 1 aromatic carbocycles. The van der Waals surface area contributed by atoms with Gasteiger partial charge in [-0.15, -0.1) is 0 Å². The van der Waals surface area contributed by atoms with Gasteiger partial charge in [-0.25, -0.2) is 9.59 Å². The van der Waals surface area contributed by atoms with Crippen LogP contribution in [0.1, 0.15) is 56.0 Å². The van der Waals surface area contributed by atoms with Crippen molar-refractivity contribution in [3.05, 3.63) is 53.1 Å². The lowest BCUT2D eigenvalue weighted by molar-refractivity contribution is -0.182. The van der Waals surface area contributed by atoms with Crippen LogP contribution in [0, 0.1) is 0 Å². The van der Waals surface area contributed by atoms with Crippen molar-refractivity contribution in [3.63, 3.8) is 0 Å². The number of halogens is 3. The summed E-state index contributed by atoms with van der Waals surface area (Å²) in [6, 6.07) is 5.18. The summed E-state index contributed by atoms with van der Waals surface area (Å²) in [7, 11) is 0. The van der Waals surface area contributed by atoms with E-state index >= 15 is 0 Å². The molecule has 0 bridgehead atoms. The molecule has 4 atom stereocenters. The Morgan fingerprint density at radius 1 is 1.14 bits per heavy atom. The van der Waals surface area contributed by atoms with Crippen LogP contribution >= 0.6 is 0 Å². The van der Waals surface area contributed by atoms with E-state index in [-0.39, 0.29) is 42.8 Å². The average Bonchev–Trinajstić information content (AvgIpc) is 3.41. The predicted octanol–water partition coefficient (Wildman–Crippen LogP) is 3.00. The van der Waals surface area contributed by atoms with Crippen LogP contribution in [0.3, 0.4) is 0 Å². The van der Waals surface area contributed by atoms with Gasteiger partial charge in [0.2, 0.25) is 5.91 Å². The van der Waals surface area contributed by atoms with Crippen molar-refractivity contribution >= 4 is 29.9 Å². The Morgan fingerprint density at radius 2 is 1.86 bits per heavy atom. The number of carbonyl (C=O) groups is 4. The maximum atomic E-state index is 13.2. The Labute approximate surface area is 245 Å². The zero-order valence-corrected chi connectivity index (χ0v) is 23.8. The second kappa shape index (κ2) is 14.6. The first-order valence-corrected chi connectivity index (χ1v) is 13.4. The number of amides is 1. The van der Waals surface area contributed by atoms with Crippen LogP contribution in [-0.4, -0.2) is 85.1 Å². The highest BCUT2D eigenvalue weighted by molar-refractivity contribution is 5.96. The van der Waals surface area contributed by atoms with Gasteiger partial charge in [-0.05, 0) is 51.0 Å². The molecule has 1 heterocycles. The molecule has 14 heteroatoms. The van der Waals surface area contributed by atoms with Gasteiger partial charge in [0.1, 0.15) is 30.7 Å². The minimum Gasteiger partial charge on any atom is -0.460 e. The van der Waals surface area contributed by atoms with Crippen LogP contribution in [0.15, 0.2) is 42.0 Å². The van der Waals surface area contributed by atoms with Crippen molar-refractivity contribution in [2.75, 3.05) is 20.0 Å². The highest BCUT2D eigenvalue weighted by Crippen LogP contribution is 2.31. The molecule has 236 valence electrons. The normalized spacial score (nSPS) is 21.0. The van der Waals surface area contributed by atoms with Crippen molar-refractivity contribution in [1.29, 1.82) is 0 Å². The lowest BCUT2D eigenvalue weighted by Crippen LogP contribution is -2.45. The van der Waals surface area contributed by atoms with Gasteiger partial charge in [-0.1, -0.05) is 18.2 Å². The van der Waals surface area contributed by atoms with Crippen LogP contribution in [-0.2, 0) is 38.1 Å². The standard InChI is InChI=1S/C29H34F3NO10/c1-28(2,3)43-24(36)11-9-19(14-34)33-26(37)18-12-21-25(41-16-40-21)22(13-18)42-27(38)20-7-5-4-6-17(20)8-10-23(35)39-15-29(30,31)32/h4-8,10,12,19,21-22,25,34H,9,11,13-16H2,1-3H3,(H,33,37)/t19-,21+,22+,25+/m0/s1. The number of hydrogen-bond acceptors (Lipinski definition) is 10. The molecule has 43 heavy (non-hydrogen) atoms. The molecule has 0 spiro atoms. The maximum absolute atomic E-state index is 13.2. The van der Waals surface area contributed by atoms with E-state index in [9.17, 15) is 37.5 Å². The number of aliphatic hydroxyl groups excluding tert-OH is 1. The van der Waals surface area contributed by atoms with Crippen molar-refractivity contribution in [2.24, 2.45) is 0 Å². The SMILES string of the molecule is CC(C)(C)OC(=O)CC[C@@H](CO)NC(=O)C1=C[C@H]2OCO[C@H]2[C@H](OC(=O)c2ccccc2C=CC(=O)OCC(F)(F)F)C1. The largest absolute Gasteiger partial charge is 0.460 e. The molecule has 1 aliphatic carbocycles. The third-order valence-corrected chi connectivity index (χ3v) is 6.18. The summed E-state index contributed by atoms with van der Waals surface area (Å²) in [6.45, 7) is 2.89. The van der Waals surface area contributed by atoms with Gasteiger partial charge in [0.15, 0.2) is 6.61 Å². The summed E-state index contributed by atoms with van der Waals surface area (Å²) in [4.78, 5) is 50.0. The number of fused-ring (bicyclic) bond motifs is 1. The number of ether oxygens (including phenoxy) is 5. The summed E-state index contributed by atoms with van der Waals surface area (Å²) < 4.78 is 63.1. The number of carbonyl (C=O) groups excluding carboxylic acids is 4. The third-order valence-electron chi connectivity index (χ3n) is 6.18. The van der Waals surface area contributed by atoms with E-state index in [1.54, 1.807) is 32.9 Å². The Hall–Kier alpha value is -3.75. The van der Waals surface area contributed by atoms with E-state index in [1.165, 1.54) is 18.2 Å². The molecule has 1 fully saturated rings. The second-order valence-electron chi connectivity index (χ2n) is 10.8. The highest BCUT2D eigenvalue weighted by atomic mass is 19.4. The molecule has 1 aliphatic heterocycles. The van der Waals surface area contributed by atoms with Crippen LogP contribution in [0.25, 0.3) is 6.08 Å². The first-order valence-electron chi connectivity index (χ1n) is 13.4. The molecule has 0 unspecified atom stereocenters. The van der Waals surface area contributed by atoms with E-state index in [0.29, 0.717) is 0 Å². The minimum absolute atomic E-state index is 0.000814. The molecule has 1 aromatic rings. The molecule has 2 N–H and O–H groups in total. The van der Waals surface area contributed by atoms with Crippen LogP contribution in [0.2, 0.25) is 0 Å². The van der Waals surface area contributed by atoms with Gasteiger partial charge in [0.05, 0.1) is 18.2 Å². The molecule has 0 radical (unpaired) electrons. The number of alkyl halides is 3. The van der Waals surface area contributed by atoms with E-state index in [4.69, 9.17) is 18.9 Å². The fourth-order valence-electron chi connectivity index (χ4n) is 4.28. The molecule has 1 amide bonds. The smallest absolute Gasteiger partial charge is 0.422 e. The number of rotatable bonds is 11. The number of hydrogen-bond donors (Lipinski definition) is 2. The Morgan fingerprint density at radius 3 is 2.53 bits per heavy atom. The minimum atomic E-state index is -4.68. The molecule has 0 aromatic heterocycles. The second-order valence-corrected chi connectivity index (χ2v) is 10.8. The molecular formula is C29H34F3NO10. The summed E-state index contributed by atoms with van der Waals surface area (Å²) in [5.41, 5.74) is -0.286. The van der Waals surface area contributed by atoms with E-state index in [1.807, 2.05) is 0 Å². The van der Waals surface area contributed by atoms with Gasteiger partial charge in [0.25, 0.3) is 0 Å². The fraction of sp³-hybridized carbons (Fsp3) is 0.517. The Balaban J connectivity index is 1.66. The molecular weight excluding hydrogens is 579 g/mol. The predicted molar refractivity (Wildman–Crippen MR) is 143 cm³/mol. The van der Waals surface area contributed by atoms with Crippen LogP contribution in [0.5, 0.6) is 0 Å². The highest BCUT2D eigenvalue weighted by Gasteiger charge is 2.43. The van der Waals surface area contributed by atoms with Gasteiger partial charge in [0, 0.05) is 24.5 Å². The quantitative estimate of drug-likeness (QED) is 0.217. The molecule has 1 saturated heterocycles. The van der Waals surface area contributed by atoms with Crippen molar-refractivity contribution < 1.29 is 61.1 Å². The van der Waals surface area contributed by atoms with Crippen molar-refractivity contribution in [3.8, 4) is 0 Å². The summed E-state index contributed by atoms with van der Waals surface area (Å²) in [5, 5.41) is 12.4. The molecule has 3 rings (SSSR count). The summed E-state index contributed by atoms with van der Waals surface area (Å²) >= 11 is 0.